The fraction of sp³-hybridized carbons (Fsp3) is 0.222. The molecule has 2 rings (SSSR count). The van der Waals surface area contributed by atoms with Gasteiger partial charge >= 0.3 is 0 Å². The van der Waals surface area contributed by atoms with Crippen LogP contribution in [0.4, 0.5) is 10.1 Å². The topological polar surface area (TPSA) is 49.3 Å². The minimum absolute atomic E-state index is 0.251. The molecule has 0 fully saturated rings. The summed E-state index contributed by atoms with van der Waals surface area (Å²) in [6.07, 6.45) is -0.764. The van der Waals surface area contributed by atoms with Crippen molar-refractivity contribution in [1.82, 2.24) is 0 Å². The van der Waals surface area contributed by atoms with Crippen molar-refractivity contribution < 1.29 is 14.3 Å². The average Bonchev–Trinajstić information content (AvgIpc) is 2.08. The lowest BCUT2D eigenvalue weighted by Crippen LogP contribution is -2.34. The van der Waals surface area contributed by atoms with Crippen LogP contribution < -0.4 is 5.32 Å². The van der Waals surface area contributed by atoms with E-state index >= 15 is 0 Å². The van der Waals surface area contributed by atoms with Gasteiger partial charge in [-0.15, -0.1) is 0 Å². The lowest BCUT2D eigenvalue weighted by molar-refractivity contribution is -0.124. The number of rotatable bonds is 0. The van der Waals surface area contributed by atoms with E-state index < -0.39 is 17.8 Å². The Morgan fingerprint density at radius 1 is 1.54 bits per heavy atom. The zero-order valence-corrected chi connectivity index (χ0v) is 6.75. The average molecular weight is 181 g/mol. The molecule has 0 aliphatic carbocycles. The summed E-state index contributed by atoms with van der Waals surface area (Å²) in [5.41, 5.74) is 1.21. The highest BCUT2D eigenvalue weighted by Gasteiger charge is 2.23. The van der Waals surface area contributed by atoms with Crippen molar-refractivity contribution in [3.8, 4) is 0 Å². The minimum atomic E-state index is -1.02. The van der Waals surface area contributed by atoms with Gasteiger partial charge in [0.15, 0.2) is 0 Å². The fourth-order valence-electron chi connectivity index (χ4n) is 1.36. The molecular formula is C9H8FNO2. The number of fused-ring (bicyclic) bond motifs is 1. The summed E-state index contributed by atoms with van der Waals surface area (Å²) in [4.78, 5) is 11.0. The molecule has 1 aliphatic heterocycles. The molecule has 13 heavy (non-hydrogen) atoms. The van der Waals surface area contributed by atoms with Crippen molar-refractivity contribution in [2.24, 2.45) is 0 Å². The van der Waals surface area contributed by atoms with Crippen LogP contribution in [0.5, 0.6) is 0 Å². The Hall–Kier alpha value is -1.42. The second kappa shape index (κ2) is 2.81. The maximum absolute atomic E-state index is 12.7. The van der Waals surface area contributed by atoms with E-state index in [-0.39, 0.29) is 6.42 Å². The standard InChI is InChI=1S/C9H8FNO2/c10-6-2-1-5-3-8(12)9(13)11-7(5)4-6/h1-2,4,8,12H,3H2,(H,11,13). The summed E-state index contributed by atoms with van der Waals surface area (Å²) in [6.45, 7) is 0. The Bertz CT molecular complexity index is 365. The number of amides is 1. The van der Waals surface area contributed by atoms with Crippen LogP contribution in [0.1, 0.15) is 5.56 Å². The molecule has 1 amide bonds. The van der Waals surface area contributed by atoms with Crippen LogP contribution in [0, 0.1) is 5.82 Å². The molecule has 0 bridgehead atoms. The van der Waals surface area contributed by atoms with Crippen LogP contribution >= 0.6 is 0 Å². The SMILES string of the molecule is O=C1Nc2cc(F)ccc2CC1O. The lowest BCUT2D eigenvalue weighted by Gasteiger charge is -2.20. The molecule has 1 aliphatic rings. The van der Waals surface area contributed by atoms with Crippen molar-refractivity contribution in [1.29, 1.82) is 0 Å². The van der Waals surface area contributed by atoms with E-state index in [1.165, 1.54) is 12.1 Å². The van der Waals surface area contributed by atoms with Crippen LogP contribution in [0.15, 0.2) is 18.2 Å². The second-order valence-electron chi connectivity index (χ2n) is 3.01. The van der Waals surface area contributed by atoms with Gasteiger partial charge in [-0.3, -0.25) is 4.79 Å². The third-order valence-electron chi connectivity index (χ3n) is 2.05. The van der Waals surface area contributed by atoms with Crippen LogP contribution in [0.25, 0.3) is 0 Å². The molecule has 1 aromatic rings. The Labute approximate surface area is 74.2 Å². The first-order chi connectivity index (χ1) is 6.16. The molecule has 3 nitrogen and oxygen atoms in total. The lowest BCUT2D eigenvalue weighted by atomic mass is 10.0. The highest BCUT2D eigenvalue weighted by Crippen LogP contribution is 2.23. The molecule has 68 valence electrons. The number of hydrogen-bond donors (Lipinski definition) is 2. The van der Waals surface area contributed by atoms with Crippen molar-refractivity contribution in [2.75, 3.05) is 5.32 Å². The second-order valence-corrected chi connectivity index (χ2v) is 3.01. The van der Waals surface area contributed by atoms with Crippen LogP contribution in [0.3, 0.4) is 0 Å². The smallest absolute Gasteiger partial charge is 0.253 e. The van der Waals surface area contributed by atoms with Gasteiger partial charge in [-0.1, -0.05) is 6.07 Å². The number of aliphatic hydroxyl groups excluding tert-OH is 1. The number of carbonyl (C=O) groups is 1. The van der Waals surface area contributed by atoms with E-state index in [1.807, 2.05) is 0 Å². The number of halogens is 1. The maximum Gasteiger partial charge on any atom is 0.253 e. The largest absolute Gasteiger partial charge is 0.383 e. The van der Waals surface area contributed by atoms with Gasteiger partial charge in [-0.25, -0.2) is 4.39 Å². The summed E-state index contributed by atoms with van der Waals surface area (Å²) in [5.74, 6) is -0.867. The van der Waals surface area contributed by atoms with Crippen LogP contribution in [0.2, 0.25) is 0 Å². The van der Waals surface area contributed by atoms with Gasteiger partial charge in [0, 0.05) is 12.1 Å². The summed E-state index contributed by atoms with van der Waals surface area (Å²) in [7, 11) is 0. The van der Waals surface area contributed by atoms with Gasteiger partial charge in [-0.05, 0) is 17.7 Å². The molecule has 0 aromatic heterocycles. The van der Waals surface area contributed by atoms with Gasteiger partial charge in [0.1, 0.15) is 11.9 Å². The van der Waals surface area contributed by atoms with E-state index in [0.717, 1.165) is 5.56 Å². The molecule has 1 aromatic carbocycles. The monoisotopic (exact) mass is 181 g/mol. The quantitative estimate of drug-likeness (QED) is 0.618. The normalized spacial score (nSPS) is 20.8. The Balaban J connectivity index is 2.42. The summed E-state index contributed by atoms with van der Waals surface area (Å²) in [5, 5.41) is 11.6. The van der Waals surface area contributed by atoms with E-state index in [9.17, 15) is 14.3 Å². The number of carbonyl (C=O) groups excluding carboxylic acids is 1. The van der Waals surface area contributed by atoms with Crippen molar-refractivity contribution in [3.05, 3.63) is 29.6 Å². The predicted octanol–water partition coefficient (Wildman–Crippen LogP) is 0.681. The minimum Gasteiger partial charge on any atom is -0.383 e. The zero-order chi connectivity index (χ0) is 9.42. The number of benzene rings is 1. The number of nitrogens with one attached hydrogen (secondary N) is 1. The Morgan fingerprint density at radius 3 is 3.08 bits per heavy atom. The molecular weight excluding hydrogens is 173 g/mol. The highest BCUT2D eigenvalue weighted by molar-refractivity contribution is 5.97. The molecule has 0 spiro atoms. The molecule has 1 unspecified atom stereocenters. The number of aliphatic hydroxyl groups is 1. The molecule has 1 atom stereocenters. The first-order valence-electron chi connectivity index (χ1n) is 3.94. The van der Waals surface area contributed by atoms with Crippen molar-refractivity contribution in [3.63, 3.8) is 0 Å². The van der Waals surface area contributed by atoms with E-state index in [1.54, 1.807) is 6.07 Å². The third kappa shape index (κ3) is 1.40. The maximum atomic E-state index is 12.7. The Kier molecular flexibility index (Phi) is 1.77. The molecule has 2 N–H and O–H groups in total. The Morgan fingerprint density at radius 2 is 2.31 bits per heavy atom. The predicted molar refractivity (Wildman–Crippen MR) is 44.7 cm³/mol. The zero-order valence-electron chi connectivity index (χ0n) is 6.75. The van der Waals surface area contributed by atoms with E-state index in [2.05, 4.69) is 5.32 Å². The number of hydrogen-bond acceptors (Lipinski definition) is 2. The van der Waals surface area contributed by atoms with Crippen LogP contribution in [-0.2, 0) is 11.2 Å². The van der Waals surface area contributed by atoms with Gasteiger partial charge in [0.2, 0.25) is 0 Å². The third-order valence-corrected chi connectivity index (χ3v) is 2.05. The summed E-state index contributed by atoms with van der Waals surface area (Å²) in [6, 6.07) is 4.12. The van der Waals surface area contributed by atoms with Gasteiger partial charge in [-0.2, -0.15) is 0 Å². The highest BCUT2D eigenvalue weighted by atomic mass is 19.1. The molecule has 4 heteroatoms. The summed E-state index contributed by atoms with van der Waals surface area (Å²) < 4.78 is 12.7. The van der Waals surface area contributed by atoms with Gasteiger partial charge in [0.05, 0.1) is 0 Å². The molecule has 0 saturated carbocycles. The first kappa shape index (κ1) is 8.19. The van der Waals surface area contributed by atoms with Gasteiger partial charge in [0.25, 0.3) is 5.91 Å². The van der Waals surface area contributed by atoms with Crippen molar-refractivity contribution in [2.45, 2.75) is 12.5 Å². The molecule has 0 saturated heterocycles. The van der Waals surface area contributed by atoms with Gasteiger partial charge < -0.3 is 10.4 Å². The molecule has 1 heterocycles. The molecule has 0 radical (unpaired) electrons. The van der Waals surface area contributed by atoms with E-state index in [0.29, 0.717) is 5.69 Å². The van der Waals surface area contributed by atoms with Crippen LogP contribution in [-0.4, -0.2) is 17.1 Å². The first-order valence-corrected chi connectivity index (χ1v) is 3.94. The van der Waals surface area contributed by atoms with Crippen molar-refractivity contribution >= 4 is 11.6 Å². The fourth-order valence-corrected chi connectivity index (χ4v) is 1.36. The van der Waals surface area contributed by atoms with E-state index in [4.69, 9.17) is 0 Å². The number of anilines is 1. The summed E-state index contributed by atoms with van der Waals surface area (Å²) >= 11 is 0.